The van der Waals surface area contributed by atoms with E-state index in [1.807, 2.05) is 42.5 Å². The Morgan fingerprint density at radius 1 is 1.12 bits per heavy atom. The van der Waals surface area contributed by atoms with E-state index in [4.69, 9.17) is 4.74 Å². The molecule has 1 amide bonds. The third-order valence-electron chi connectivity index (χ3n) is 5.97. The van der Waals surface area contributed by atoms with Crippen LogP contribution in [0.25, 0.3) is 0 Å². The summed E-state index contributed by atoms with van der Waals surface area (Å²) in [5, 5.41) is 6.72. The lowest BCUT2D eigenvalue weighted by Gasteiger charge is -2.25. The summed E-state index contributed by atoms with van der Waals surface area (Å²) in [6.07, 6.45) is 3.24. The van der Waals surface area contributed by atoms with Gasteiger partial charge in [-0.15, -0.1) is 0 Å². The van der Waals surface area contributed by atoms with Gasteiger partial charge >= 0.3 is 0 Å². The summed E-state index contributed by atoms with van der Waals surface area (Å²) in [6, 6.07) is 17.9. The highest BCUT2D eigenvalue weighted by molar-refractivity contribution is 5.83. The Bertz CT molecular complexity index is 769. The lowest BCUT2D eigenvalue weighted by atomic mass is 9.91. The molecule has 0 aromatic heterocycles. The molecule has 2 N–H and O–H groups in total. The summed E-state index contributed by atoms with van der Waals surface area (Å²) in [7, 11) is 1.67. The lowest BCUT2D eigenvalue weighted by Crippen LogP contribution is -2.35. The van der Waals surface area contributed by atoms with E-state index in [0.717, 1.165) is 49.2 Å². The van der Waals surface area contributed by atoms with Gasteiger partial charge in [0.1, 0.15) is 5.75 Å². The van der Waals surface area contributed by atoms with Crippen molar-refractivity contribution in [1.29, 1.82) is 0 Å². The van der Waals surface area contributed by atoms with Crippen LogP contribution in [0.3, 0.4) is 0 Å². The third kappa shape index (κ3) is 3.21. The summed E-state index contributed by atoms with van der Waals surface area (Å²) in [5.41, 5.74) is 2.30. The van der Waals surface area contributed by atoms with Gasteiger partial charge in [-0.3, -0.25) is 4.79 Å². The van der Waals surface area contributed by atoms with Crippen LogP contribution in [-0.2, 0) is 4.79 Å². The molecular formula is C22H26N2O2. The summed E-state index contributed by atoms with van der Waals surface area (Å²) >= 11 is 0. The first-order valence-electron chi connectivity index (χ1n) is 9.42. The fourth-order valence-corrected chi connectivity index (χ4v) is 4.33. The second-order valence-corrected chi connectivity index (χ2v) is 7.46. The first-order valence-corrected chi connectivity index (χ1v) is 9.42. The normalized spacial score (nSPS) is 21.8. The van der Waals surface area contributed by atoms with E-state index < -0.39 is 0 Å². The highest BCUT2D eigenvalue weighted by Gasteiger charge is 2.57. The van der Waals surface area contributed by atoms with Gasteiger partial charge in [0, 0.05) is 11.5 Å². The lowest BCUT2D eigenvalue weighted by molar-refractivity contribution is -0.123. The van der Waals surface area contributed by atoms with Gasteiger partial charge in [0.25, 0.3) is 0 Å². The van der Waals surface area contributed by atoms with Crippen LogP contribution in [0.15, 0.2) is 54.6 Å². The van der Waals surface area contributed by atoms with Crippen molar-refractivity contribution in [2.24, 2.45) is 11.3 Å². The molecule has 136 valence electrons. The van der Waals surface area contributed by atoms with Crippen LogP contribution in [0.5, 0.6) is 5.75 Å². The monoisotopic (exact) mass is 350 g/mol. The van der Waals surface area contributed by atoms with E-state index in [2.05, 4.69) is 22.8 Å². The van der Waals surface area contributed by atoms with Crippen molar-refractivity contribution < 1.29 is 9.53 Å². The quantitative estimate of drug-likeness (QED) is 0.870. The Kier molecular flexibility index (Phi) is 4.68. The average Bonchev–Trinajstić information content (AvgIpc) is 3.40. The number of carbonyl (C=O) groups excluding carboxylic acids is 1. The maximum absolute atomic E-state index is 13.1. The minimum atomic E-state index is -0.195. The molecule has 26 heavy (non-hydrogen) atoms. The molecule has 2 aromatic carbocycles. The number of carbonyl (C=O) groups is 1. The van der Waals surface area contributed by atoms with E-state index in [1.54, 1.807) is 7.11 Å². The predicted octanol–water partition coefficient (Wildman–Crippen LogP) is 3.29. The SMILES string of the molecule is COc1ccccc1C(NC(=O)C1CC12CCNCC2)c1ccccc1. The minimum absolute atomic E-state index is 0.144. The van der Waals surface area contributed by atoms with Crippen molar-refractivity contribution in [3.63, 3.8) is 0 Å². The molecule has 0 bridgehead atoms. The van der Waals surface area contributed by atoms with Crippen molar-refractivity contribution in [2.45, 2.75) is 25.3 Å². The first-order chi connectivity index (χ1) is 12.7. The van der Waals surface area contributed by atoms with Gasteiger partial charge in [0.2, 0.25) is 5.91 Å². The predicted molar refractivity (Wildman–Crippen MR) is 102 cm³/mol. The zero-order valence-electron chi connectivity index (χ0n) is 15.2. The molecule has 1 aliphatic heterocycles. The van der Waals surface area contributed by atoms with Gasteiger partial charge in [0.05, 0.1) is 13.2 Å². The van der Waals surface area contributed by atoms with Crippen LogP contribution < -0.4 is 15.4 Å². The van der Waals surface area contributed by atoms with Gasteiger partial charge in [-0.2, -0.15) is 0 Å². The number of rotatable bonds is 5. The molecule has 4 nitrogen and oxygen atoms in total. The Balaban J connectivity index is 1.59. The standard InChI is InChI=1S/C22H26N2O2/c1-26-19-10-6-5-9-17(19)20(16-7-3-2-4-8-16)24-21(25)18-15-22(18)11-13-23-14-12-22/h2-10,18,20,23H,11-15H2,1H3,(H,24,25). The fraction of sp³-hybridized carbons (Fsp3) is 0.409. The average molecular weight is 350 g/mol. The number of amides is 1. The molecule has 4 heteroatoms. The van der Waals surface area contributed by atoms with Crippen molar-refractivity contribution in [3.8, 4) is 5.75 Å². The van der Waals surface area contributed by atoms with E-state index in [1.165, 1.54) is 0 Å². The molecule has 0 radical (unpaired) electrons. The summed E-state index contributed by atoms with van der Waals surface area (Å²) in [6.45, 7) is 2.05. The molecule has 1 spiro atoms. The number of methoxy groups -OCH3 is 1. The molecule has 1 heterocycles. The minimum Gasteiger partial charge on any atom is -0.496 e. The zero-order valence-corrected chi connectivity index (χ0v) is 15.2. The largest absolute Gasteiger partial charge is 0.496 e. The van der Waals surface area contributed by atoms with E-state index >= 15 is 0 Å². The third-order valence-corrected chi connectivity index (χ3v) is 5.97. The van der Waals surface area contributed by atoms with E-state index in [0.29, 0.717) is 0 Å². The number of hydrogen-bond donors (Lipinski definition) is 2. The maximum atomic E-state index is 13.1. The molecule has 1 aliphatic carbocycles. The number of hydrogen-bond acceptors (Lipinski definition) is 3. The first kappa shape index (κ1) is 17.1. The van der Waals surface area contributed by atoms with Crippen LogP contribution in [0.4, 0.5) is 0 Å². The molecule has 4 rings (SSSR count). The second-order valence-electron chi connectivity index (χ2n) is 7.46. The Labute approximate surface area is 155 Å². The van der Waals surface area contributed by atoms with Gasteiger partial charge in [-0.1, -0.05) is 48.5 Å². The number of para-hydroxylation sites is 1. The van der Waals surface area contributed by atoms with Crippen molar-refractivity contribution in [1.82, 2.24) is 10.6 Å². The van der Waals surface area contributed by atoms with E-state index in [9.17, 15) is 4.79 Å². The van der Waals surface area contributed by atoms with Gasteiger partial charge in [-0.25, -0.2) is 0 Å². The molecule has 2 unspecified atom stereocenters. The number of benzene rings is 2. The van der Waals surface area contributed by atoms with Gasteiger partial charge in [-0.05, 0) is 49.4 Å². The molecule has 2 fully saturated rings. The Morgan fingerprint density at radius 2 is 1.81 bits per heavy atom. The van der Waals surface area contributed by atoms with E-state index in [-0.39, 0.29) is 23.3 Å². The molecule has 1 saturated heterocycles. The second kappa shape index (κ2) is 7.12. The molecule has 2 aliphatic rings. The van der Waals surface area contributed by atoms with Crippen LogP contribution in [0.1, 0.15) is 36.4 Å². The smallest absolute Gasteiger partial charge is 0.224 e. The van der Waals surface area contributed by atoms with Crippen LogP contribution >= 0.6 is 0 Å². The van der Waals surface area contributed by atoms with Crippen molar-refractivity contribution in [2.75, 3.05) is 20.2 Å². The fourth-order valence-electron chi connectivity index (χ4n) is 4.33. The van der Waals surface area contributed by atoms with Crippen LogP contribution in [-0.4, -0.2) is 26.1 Å². The van der Waals surface area contributed by atoms with Crippen molar-refractivity contribution >= 4 is 5.91 Å². The number of piperidine rings is 1. The van der Waals surface area contributed by atoms with Crippen molar-refractivity contribution in [3.05, 3.63) is 65.7 Å². The Morgan fingerprint density at radius 3 is 2.54 bits per heavy atom. The topological polar surface area (TPSA) is 50.4 Å². The van der Waals surface area contributed by atoms with Gasteiger partial charge < -0.3 is 15.4 Å². The summed E-state index contributed by atoms with van der Waals surface area (Å²) in [4.78, 5) is 13.1. The zero-order chi connectivity index (χ0) is 18.0. The maximum Gasteiger partial charge on any atom is 0.224 e. The number of nitrogens with one attached hydrogen (secondary N) is 2. The highest BCUT2D eigenvalue weighted by Crippen LogP contribution is 2.58. The summed E-state index contributed by atoms with van der Waals surface area (Å²) < 4.78 is 5.56. The Hall–Kier alpha value is -2.33. The molecule has 2 atom stereocenters. The van der Waals surface area contributed by atoms with Gasteiger partial charge in [0.15, 0.2) is 0 Å². The summed E-state index contributed by atoms with van der Waals surface area (Å²) in [5.74, 6) is 1.12. The van der Waals surface area contributed by atoms with Crippen LogP contribution in [0.2, 0.25) is 0 Å². The van der Waals surface area contributed by atoms with Crippen LogP contribution in [0, 0.1) is 11.3 Å². The molecule has 1 saturated carbocycles. The number of ether oxygens (including phenoxy) is 1. The highest BCUT2D eigenvalue weighted by atomic mass is 16.5. The molecule has 2 aromatic rings. The molecular weight excluding hydrogens is 324 g/mol.